The van der Waals surface area contributed by atoms with Gasteiger partial charge in [0, 0.05) is 12.1 Å². The maximum Gasteiger partial charge on any atom is 0.574 e. The molecule has 0 unspecified atom stereocenters. The van der Waals surface area contributed by atoms with Crippen LogP contribution in [0.25, 0.3) is 0 Å². The number of aromatic hydroxyl groups is 1. The van der Waals surface area contributed by atoms with Crippen molar-refractivity contribution >= 4 is 15.9 Å². The topological polar surface area (TPSA) is 68.4 Å². The molecule has 0 saturated carbocycles. The average molecular weight is 287 g/mol. The van der Waals surface area contributed by atoms with Crippen LogP contribution in [0.1, 0.15) is 5.56 Å². The Labute approximate surface area is 91.0 Å². The summed E-state index contributed by atoms with van der Waals surface area (Å²) < 4.78 is 39.4. The van der Waals surface area contributed by atoms with Crippen molar-refractivity contribution in [2.75, 3.05) is 0 Å². The quantitative estimate of drug-likeness (QED) is 0.871. The number of hydrogen-bond donors (Lipinski definition) is 2. The molecule has 1 aromatic heterocycles. The van der Waals surface area contributed by atoms with E-state index in [1.54, 1.807) is 0 Å². The van der Waals surface area contributed by atoms with E-state index >= 15 is 0 Å². The second-order valence-electron chi connectivity index (χ2n) is 2.49. The summed E-state index contributed by atoms with van der Waals surface area (Å²) in [6.45, 7) is -0.243. The van der Waals surface area contributed by atoms with Crippen LogP contribution < -0.4 is 10.5 Å². The molecule has 84 valence electrons. The van der Waals surface area contributed by atoms with Gasteiger partial charge in [0.05, 0.1) is 10.7 Å². The van der Waals surface area contributed by atoms with Gasteiger partial charge in [-0.1, -0.05) is 0 Å². The smallest absolute Gasteiger partial charge is 0.505 e. The minimum absolute atomic E-state index is 0.0410. The molecule has 15 heavy (non-hydrogen) atoms. The normalized spacial score (nSPS) is 11.5. The number of nitrogens with zero attached hydrogens (tertiary/aromatic N) is 1. The Kier molecular flexibility index (Phi) is 3.40. The van der Waals surface area contributed by atoms with E-state index in [4.69, 9.17) is 10.8 Å². The van der Waals surface area contributed by atoms with Gasteiger partial charge < -0.3 is 15.6 Å². The van der Waals surface area contributed by atoms with E-state index < -0.39 is 12.2 Å². The Hall–Kier alpha value is -1.02. The van der Waals surface area contributed by atoms with E-state index in [-0.39, 0.29) is 22.3 Å². The summed E-state index contributed by atoms with van der Waals surface area (Å²) in [7, 11) is 0. The van der Waals surface area contributed by atoms with Crippen molar-refractivity contribution in [1.29, 1.82) is 0 Å². The molecular formula is C7H6BrF3N2O2. The molecule has 0 amide bonds. The predicted molar refractivity (Wildman–Crippen MR) is 48.2 cm³/mol. The van der Waals surface area contributed by atoms with Gasteiger partial charge in [-0.15, -0.1) is 13.2 Å². The van der Waals surface area contributed by atoms with Gasteiger partial charge in [-0.25, -0.2) is 4.98 Å². The first-order chi connectivity index (χ1) is 6.85. The first-order valence-electron chi connectivity index (χ1n) is 3.67. The largest absolute Gasteiger partial charge is 0.574 e. The number of aromatic nitrogens is 1. The van der Waals surface area contributed by atoms with Gasteiger partial charge in [-0.2, -0.15) is 0 Å². The Bertz CT molecular complexity index is 370. The van der Waals surface area contributed by atoms with Gasteiger partial charge >= 0.3 is 6.36 Å². The molecular weight excluding hydrogens is 281 g/mol. The molecule has 0 aliphatic carbocycles. The Morgan fingerprint density at radius 2 is 2.13 bits per heavy atom. The molecule has 0 atom stereocenters. The number of alkyl halides is 3. The SMILES string of the molecule is NCc1c(OC(F)(F)F)ncc(O)c1Br. The highest BCUT2D eigenvalue weighted by atomic mass is 79.9. The molecule has 0 saturated heterocycles. The molecule has 4 nitrogen and oxygen atoms in total. The monoisotopic (exact) mass is 286 g/mol. The summed E-state index contributed by atoms with van der Waals surface area (Å²) in [4.78, 5) is 3.29. The van der Waals surface area contributed by atoms with E-state index in [9.17, 15) is 13.2 Å². The van der Waals surface area contributed by atoms with Crippen LogP contribution in [0.3, 0.4) is 0 Å². The lowest BCUT2D eigenvalue weighted by Crippen LogP contribution is -2.19. The van der Waals surface area contributed by atoms with Gasteiger partial charge in [0.2, 0.25) is 5.88 Å². The molecule has 3 N–H and O–H groups in total. The van der Waals surface area contributed by atoms with E-state index in [2.05, 4.69) is 25.7 Å². The third-order valence-electron chi connectivity index (χ3n) is 1.47. The van der Waals surface area contributed by atoms with Crippen LogP contribution in [0.4, 0.5) is 13.2 Å². The summed E-state index contributed by atoms with van der Waals surface area (Å²) in [5.41, 5.74) is 5.16. The summed E-state index contributed by atoms with van der Waals surface area (Å²) in [5, 5.41) is 9.15. The van der Waals surface area contributed by atoms with Crippen molar-refractivity contribution < 1.29 is 23.0 Å². The first kappa shape index (κ1) is 12.1. The zero-order valence-electron chi connectivity index (χ0n) is 7.18. The number of hydrogen-bond acceptors (Lipinski definition) is 4. The fraction of sp³-hybridized carbons (Fsp3) is 0.286. The van der Waals surface area contributed by atoms with Crippen LogP contribution in [-0.4, -0.2) is 16.5 Å². The average Bonchev–Trinajstić information content (AvgIpc) is 2.10. The van der Waals surface area contributed by atoms with Crippen molar-refractivity contribution in [2.45, 2.75) is 12.9 Å². The van der Waals surface area contributed by atoms with Crippen LogP contribution in [0.5, 0.6) is 11.6 Å². The Balaban J connectivity index is 3.14. The summed E-state index contributed by atoms with van der Waals surface area (Å²) >= 11 is 2.88. The molecule has 0 aromatic carbocycles. The van der Waals surface area contributed by atoms with E-state index in [0.717, 1.165) is 6.20 Å². The fourth-order valence-corrected chi connectivity index (χ4v) is 1.31. The summed E-state index contributed by atoms with van der Waals surface area (Å²) in [5.74, 6) is -0.973. The number of nitrogens with two attached hydrogens (primary N) is 1. The molecule has 8 heteroatoms. The number of halogens is 4. The number of pyridine rings is 1. The minimum Gasteiger partial charge on any atom is -0.505 e. The molecule has 0 spiro atoms. The van der Waals surface area contributed by atoms with Gasteiger partial charge in [0.25, 0.3) is 0 Å². The Morgan fingerprint density at radius 3 is 2.60 bits per heavy atom. The lowest BCUT2D eigenvalue weighted by atomic mass is 10.2. The molecule has 0 aliphatic heterocycles. The van der Waals surface area contributed by atoms with Gasteiger partial charge in [-0.05, 0) is 15.9 Å². The zero-order valence-corrected chi connectivity index (χ0v) is 8.76. The van der Waals surface area contributed by atoms with Crippen molar-refractivity contribution in [3.63, 3.8) is 0 Å². The van der Waals surface area contributed by atoms with Crippen molar-refractivity contribution in [2.24, 2.45) is 5.73 Å². The van der Waals surface area contributed by atoms with Gasteiger partial charge in [0.1, 0.15) is 5.75 Å². The van der Waals surface area contributed by atoms with E-state index in [1.807, 2.05) is 0 Å². The van der Waals surface area contributed by atoms with E-state index in [0.29, 0.717) is 0 Å². The predicted octanol–water partition coefficient (Wildman–Crippen LogP) is 1.91. The zero-order chi connectivity index (χ0) is 11.6. The van der Waals surface area contributed by atoms with Crippen LogP contribution in [-0.2, 0) is 6.54 Å². The fourth-order valence-electron chi connectivity index (χ4n) is 0.877. The third kappa shape index (κ3) is 2.96. The molecule has 0 aliphatic rings. The second kappa shape index (κ2) is 4.23. The second-order valence-corrected chi connectivity index (χ2v) is 3.29. The lowest BCUT2D eigenvalue weighted by molar-refractivity contribution is -0.276. The number of ether oxygens (including phenoxy) is 1. The standard InChI is InChI=1S/C7H6BrF3N2O2/c8-5-3(1-12)6(13-2-4(5)14)15-7(9,10)11/h2,14H,1,12H2. The van der Waals surface area contributed by atoms with Crippen LogP contribution in [0.2, 0.25) is 0 Å². The lowest BCUT2D eigenvalue weighted by Gasteiger charge is -2.12. The highest BCUT2D eigenvalue weighted by molar-refractivity contribution is 9.10. The number of rotatable bonds is 2. The summed E-state index contributed by atoms with van der Waals surface area (Å²) in [6, 6.07) is 0. The summed E-state index contributed by atoms with van der Waals surface area (Å²) in [6.07, 6.45) is -4.00. The van der Waals surface area contributed by atoms with Gasteiger partial charge in [0.15, 0.2) is 0 Å². The van der Waals surface area contributed by atoms with Gasteiger partial charge in [-0.3, -0.25) is 0 Å². The first-order valence-corrected chi connectivity index (χ1v) is 4.46. The molecule has 1 aromatic rings. The maximum absolute atomic E-state index is 11.9. The van der Waals surface area contributed by atoms with Crippen LogP contribution in [0, 0.1) is 0 Å². The molecule has 0 fully saturated rings. The Morgan fingerprint density at radius 1 is 1.53 bits per heavy atom. The molecule has 1 rings (SSSR count). The maximum atomic E-state index is 11.9. The highest BCUT2D eigenvalue weighted by Crippen LogP contribution is 2.34. The molecule has 1 heterocycles. The highest BCUT2D eigenvalue weighted by Gasteiger charge is 2.33. The molecule has 0 radical (unpaired) electrons. The van der Waals surface area contributed by atoms with Crippen LogP contribution in [0.15, 0.2) is 10.7 Å². The van der Waals surface area contributed by atoms with Crippen molar-refractivity contribution in [1.82, 2.24) is 4.98 Å². The molecule has 0 bridgehead atoms. The minimum atomic E-state index is -4.84. The third-order valence-corrected chi connectivity index (χ3v) is 2.35. The van der Waals surface area contributed by atoms with Crippen LogP contribution >= 0.6 is 15.9 Å². The van der Waals surface area contributed by atoms with Crippen molar-refractivity contribution in [3.05, 3.63) is 16.2 Å². The van der Waals surface area contributed by atoms with Crippen molar-refractivity contribution in [3.8, 4) is 11.6 Å². The van der Waals surface area contributed by atoms with E-state index in [1.165, 1.54) is 0 Å².